The number of rotatable bonds is 6. The zero-order valence-electron chi connectivity index (χ0n) is 10.1. The van der Waals surface area contributed by atoms with E-state index in [1.165, 1.54) is 5.56 Å². The van der Waals surface area contributed by atoms with E-state index in [1.54, 1.807) is 0 Å². The highest BCUT2D eigenvalue weighted by atomic mass is 35.5. The van der Waals surface area contributed by atoms with Crippen LogP contribution in [-0.2, 0) is 6.42 Å². The first-order valence-corrected chi connectivity index (χ1v) is 6.11. The number of nitrogens with two attached hydrogens (primary N) is 1. The highest BCUT2D eigenvalue weighted by molar-refractivity contribution is 6.30. The Morgan fingerprint density at radius 1 is 1.25 bits per heavy atom. The van der Waals surface area contributed by atoms with Gasteiger partial charge >= 0.3 is 0 Å². The van der Waals surface area contributed by atoms with Gasteiger partial charge in [-0.05, 0) is 57.5 Å². The number of halogens is 1. The van der Waals surface area contributed by atoms with Crippen molar-refractivity contribution in [3.05, 3.63) is 34.9 Å². The van der Waals surface area contributed by atoms with Crippen LogP contribution in [0.3, 0.4) is 0 Å². The van der Waals surface area contributed by atoms with E-state index in [0.29, 0.717) is 0 Å². The first-order chi connectivity index (χ1) is 7.53. The number of benzene rings is 1. The molecular weight excluding hydrogens is 220 g/mol. The molecular formula is C13H21ClN2. The monoisotopic (exact) mass is 240 g/mol. The lowest BCUT2D eigenvalue weighted by atomic mass is 10.0. The van der Waals surface area contributed by atoms with E-state index in [9.17, 15) is 0 Å². The first-order valence-electron chi connectivity index (χ1n) is 5.73. The smallest absolute Gasteiger partial charge is 0.0406 e. The average Bonchev–Trinajstić information content (AvgIpc) is 2.20. The van der Waals surface area contributed by atoms with Crippen molar-refractivity contribution in [3.8, 4) is 0 Å². The maximum Gasteiger partial charge on any atom is 0.0406 e. The highest BCUT2D eigenvalue weighted by Gasteiger charge is 2.14. The van der Waals surface area contributed by atoms with E-state index in [-0.39, 0.29) is 5.54 Å². The molecule has 0 amide bonds. The summed E-state index contributed by atoms with van der Waals surface area (Å²) in [5, 5.41) is 4.30. The molecule has 1 aromatic rings. The topological polar surface area (TPSA) is 38.0 Å². The van der Waals surface area contributed by atoms with Crippen molar-refractivity contribution < 1.29 is 0 Å². The molecule has 0 bridgehead atoms. The van der Waals surface area contributed by atoms with E-state index >= 15 is 0 Å². The van der Waals surface area contributed by atoms with Crippen molar-refractivity contribution in [1.82, 2.24) is 5.32 Å². The molecule has 2 nitrogen and oxygen atoms in total. The normalized spacial score (nSPS) is 11.8. The molecule has 0 heterocycles. The van der Waals surface area contributed by atoms with Gasteiger partial charge in [0.25, 0.3) is 0 Å². The molecule has 0 fully saturated rings. The van der Waals surface area contributed by atoms with Crippen LogP contribution in [0.2, 0.25) is 5.02 Å². The van der Waals surface area contributed by atoms with E-state index in [2.05, 4.69) is 31.3 Å². The van der Waals surface area contributed by atoms with Gasteiger partial charge in [-0.1, -0.05) is 23.7 Å². The molecule has 1 aromatic carbocycles. The molecule has 0 spiro atoms. The third kappa shape index (κ3) is 4.97. The summed E-state index contributed by atoms with van der Waals surface area (Å²) in [6.45, 7) is 6.05. The van der Waals surface area contributed by atoms with Crippen molar-refractivity contribution in [2.75, 3.05) is 13.1 Å². The SMILES string of the molecule is CC(C)(CCN)NCCc1ccc(Cl)cc1. The zero-order chi connectivity index (χ0) is 12.0. The summed E-state index contributed by atoms with van der Waals surface area (Å²) in [6, 6.07) is 8.00. The van der Waals surface area contributed by atoms with Crippen LogP contribution < -0.4 is 11.1 Å². The molecule has 0 aliphatic rings. The summed E-state index contributed by atoms with van der Waals surface area (Å²) in [6.07, 6.45) is 2.01. The molecule has 0 aliphatic heterocycles. The maximum atomic E-state index is 5.83. The zero-order valence-corrected chi connectivity index (χ0v) is 10.8. The minimum Gasteiger partial charge on any atom is -0.330 e. The maximum absolute atomic E-state index is 5.83. The second-order valence-electron chi connectivity index (χ2n) is 4.73. The molecule has 0 radical (unpaired) electrons. The van der Waals surface area contributed by atoms with Gasteiger partial charge in [-0.15, -0.1) is 0 Å². The second-order valence-corrected chi connectivity index (χ2v) is 5.16. The van der Waals surface area contributed by atoms with E-state index in [4.69, 9.17) is 17.3 Å². The molecule has 0 saturated heterocycles. The van der Waals surface area contributed by atoms with Gasteiger partial charge in [0.2, 0.25) is 0 Å². The van der Waals surface area contributed by atoms with Crippen molar-refractivity contribution in [2.24, 2.45) is 5.73 Å². The van der Waals surface area contributed by atoms with Gasteiger partial charge in [0, 0.05) is 10.6 Å². The van der Waals surface area contributed by atoms with Crippen LogP contribution >= 0.6 is 11.6 Å². The molecule has 3 N–H and O–H groups in total. The van der Waals surface area contributed by atoms with Gasteiger partial charge in [0.15, 0.2) is 0 Å². The summed E-state index contributed by atoms with van der Waals surface area (Å²) < 4.78 is 0. The molecule has 90 valence electrons. The van der Waals surface area contributed by atoms with Gasteiger partial charge in [-0.2, -0.15) is 0 Å². The van der Waals surface area contributed by atoms with Crippen molar-refractivity contribution in [3.63, 3.8) is 0 Å². The van der Waals surface area contributed by atoms with Gasteiger partial charge < -0.3 is 11.1 Å². The predicted molar refractivity (Wildman–Crippen MR) is 70.9 cm³/mol. The predicted octanol–water partition coefficient (Wildman–Crippen LogP) is 2.60. The summed E-state index contributed by atoms with van der Waals surface area (Å²) in [7, 11) is 0. The third-order valence-corrected chi connectivity index (χ3v) is 2.95. The van der Waals surface area contributed by atoms with Gasteiger partial charge in [0.05, 0.1) is 0 Å². The quantitative estimate of drug-likeness (QED) is 0.802. The van der Waals surface area contributed by atoms with Crippen LogP contribution in [0.25, 0.3) is 0 Å². The van der Waals surface area contributed by atoms with Gasteiger partial charge in [0.1, 0.15) is 0 Å². The van der Waals surface area contributed by atoms with Crippen molar-refractivity contribution >= 4 is 11.6 Å². The van der Waals surface area contributed by atoms with Crippen LogP contribution in [0.5, 0.6) is 0 Å². The van der Waals surface area contributed by atoms with Crippen LogP contribution in [0.15, 0.2) is 24.3 Å². The fourth-order valence-corrected chi connectivity index (χ4v) is 1.77. The van der Waals surface area contributed by atoms with Crippen LogP contribution in [0.1, 0.15) is 25.8 Å². The van der Waals surface area contributed by atoms with Gasteiger partial charge in [-0.25, -0.2) is 0 Å². The van der Waals surface area contributed by atoms with Crippen LogP contribution in [0.4, 0.5) is 0 Å². The summed E-state index contributed by atoms with van der Waals surface area (Å²) in [4.78, 5) is 0. The fraction of sp³-hybridized carbons (Fsp3) is 0.538. The highest BCUT2D eigenvalue weighted by Crippen LogP contribution is 2.10. The van der Waals surface area contributed by atoms with E-state index in [1.807, 2.05) is 12.1 Å². The molecule has 1 rings (SSSR count). The molecule has 0 atom stereocenters. The van der Waals surface area contributed by atoms with Crippen LogP contribution in [-0.4, -0.2) is 18.6 Å². The molecule has 0 unspecified atom stereocenters. The molecule has 3 heteroatoms. The lowest BCUT2D eigenvalue weighted by Gasteiger charge is -2.25. The van der Waals surface area contributed by atoms with E-state index < -0.39 is 0 Å². The second kappa shape index (κ2) is 6.24. The fourth-order valence-electron chi connectivity index (χ4n) is 1.65. The van der Waals surface area contributed by atoms with Gasteiger partial charge in [-0.3, -0.25) is 0 Å². The standard InChI is InChI=1S/C13H21ClN2/c1-13(2,8-9-15)16-10-7-11-3-5-12(14)6-4-11/h3-6,16H,7-10,15H2,1-2H3. The Bertz CT molecular complexity index is 306. The van der Waals surface area contributed by atoms with E-state index in [0.717, 1.165) is 31.0 Å². The molecule has 16 heavy (non-hydrogen) atoms. The summed E-state index contributed by atoms with van der Waals surface area (Å²) >= 11 is 5.83. The molecule has 0 aromatic heterocycles. The van der Waals surface area contributed by atoms with Crippen LogP contribution in [0, 0.1) is 0 Å². The minimum atomic E-state index is 0.126. The Balaban J connectivity index is 2.32. The Morgan fingerprint density at radius 2 is 1.88 bits per heavy atom. The van der Waals surface area contributed by atoms with Crippen molar-refractivity contribution in [1.29, 1.82) is 0 Å². The Morgan fingerprint density at radius 3 is 2.44 bits per heavy atom. The minimum absolute atomic E-state index is 0.126. The first kappa shape index (κ1) is 13.5. The average molecular weight is 241 g/mol. The molecule has 0 aliphatic carbocycles. The third-order valence-electron chi connectivity index (χ3n) is 2.70. The Kier molecular flexibility index (Phi) is 5.26. The number of hydrogen-bond donors (Lipinski definition) is 2. The number of hydrogen-bond acceptors (Lipinski definition) is 2. The van der Waals surface area contributed by atoms with Crippen molar-refractivity contribution in [2.45, 2.75) is 32.2 Å². The lowest BCUT2D eigenvalue weighted by Crippen LogP contribution is -2.41. The largest absolute Gasteiger partial charge is 0.330 e. The summed E-state index contributed by atoms with van der Waals surface area (Å²) in [5.41, 5.74) is 6.99. The Labute approximate surface area is 103 Å². The number of nitrogens with one attached hydrogen (secondary N) is 1. The lowest BCUT2D eigenvalue weighted by molar-refractivity contribution is 0.370. The molecule has 0 saturated carbocycles. The summed E-state index contributed by atoms with van der Waals surface area (Å²) in [5.74, 6) is 0. The Hall–Kier alpha value is -0.570.